The monoisotopic (exact) mass is 296 g/mol. The molecule has 0 radical (unpaired) electrons. The Morgan fingerprint density at radius 1 is 1.05 bits per heavy atom. The van der Waals surface area contributed by atoms with E-state index in [1.165, 1.54) is 64.6 Å². The predicted molar refractivity (Wildman–Crippen MR) is 94.8 cm³/mol. The lowest BCUT2D eigenvalue weighted by Crippen LogP contribution is -2.54. The van der Waals surface area contributed by atoms with Gasteiger partial charge in [0.05, 0.1) is 0 Å². The standard InChI is InChI=1S/C19H40N2/c1-6-13-20-18-12-11-17(9-4)14-19(18)21(10-5)15-16(7-2)8-3/h16-20H,6-15H2,1-5H3. The highest BCUT2D eigenvalue weighted by Gasteiger charge is 2.33. The molecule has 1 aliphatic carbocycles. The van der Waals surface area contributed by atoms with Crippen LogP contribution in [0.4, 0.5) is 0 Å². The van der Waals surface area contributed by atoms with E-state index >= 15 is 0 Å². The van der Waals surface area contributed by atoms with E-state index in [0.29, 0.717) is 0 Å². The van der Waals surface area contributed by atoms with Crippen LogP contribution in [0.1, 0.15) is 79.6 Å². The zero-order valence-electron chi connectivity index (χ0n) is 15.3. The van der Waals surface area contributed by atoms with Crippen molar-refractivity contribution in [2.45, 2.75) is 91.6 Å². The molecule has 1 rings (SSSR count). The van der Waals surface area contributed by atoms with Gasteiger partial charge in [-0.2, -0.15) is 0 Å². The second kappa shape index (κ2) is 10.6. The molecule has 0 bridgehead atoms. The molecular formula is C19H40N2. The van der Waals surface area contributed by atoms with Gasteiger partial charge in [0.15, 0.2) is 0 Å². The summed E-state index contributed by atoms with van der Waals surface area (Å²) < 4.78 is 0. The van der Waals surface area contributed by atoms with Crippen LogP contribution >= 0.6 is 0 Å². The van der Waals surface area contributed by atoms with Crippen molar-refractivity contribution in [3.63, 3.8) is 0 Å². The lowest BCUT2D eigenvalue weighted by molar-refractivity contribution is 0.0839. The lowest BCUT2D eigenvalue weighted by Gasteiger charge is -2.44. The van der Waals surface area contributed by atoms with Crippen LogP contribution < -0.4 is 5.32 Å². The van der Waals surface area contributed by atoms with Crippen LogP contribution in [0.15, 0.2) is 0 Å². The molecule has 1 fully saturated rings. The Kier molecular flexibility index (Phi) is 9.59. The molecule has 0 heterocycles. The molecule has 0 spiro atoms. The quantitative estimate of drug-likeness (QED) is 0.629. The summed E-state index contributed by atoms with van der Waals surface area (Å²) in [4.78, 5) is 2.80. The molecule has 1 saturated carbocycles. The predicted octanol–water partition coefficient (Wildman–Crippen LogP) is 4.69. The Bertz CT molecular complexity index is 250. The molecule has 0 amide bonds. The Morgan fingerprint density at radius 2 is 1.76 bits per heavy atom. The molecule has 1 N–H and O–H groups in total. The molecule has 0 aliphatic heterocycles. The van der Waals surface area contributed by atoms with Crippen LogP contribution in [0.2, 0.25) is 0 Å². The van der Waals surface area contributed by atoms with E-state index in [2.05, 4.69) is 44.8 Å². The fourth-order valence-corrected chi connectivity index (χ4v) is 3.95. The van der Waals surface area contributed by atoms with Gasteiger partial charge in [0.2, 0.25) is 0 Å². The van der Waals surface area contributed by atoms with Gasteiger partial charge < -0.3 is 5.32 Å². The zero-order chi connectivity index (χ0) is 15.7. The van der Waals surface area contributed by atoms with Crippen LogP contribution in [0.25, 0.3) is 0 Å². The summed E-state index contributed by atoms with van der Waals surface area (Å²) in [6.07, 6.45) is 9.47. The van der Waals surface area contributed by atoms with Crippen molar-refractivity contribution >= 4 is 0 Å². The largest absolute Gasteiger partial charge is 0.312 e. The second-order valence-electron chi connectivity index (χ2n) is 6.99. The summed E-state index contributed by atoms with van der Waals surface area (Å²) in [5.74, 6) is 1.82. The van der Waals surface area contributed by atoms with E-state index < -0.39 is 0 Å². The van der Waals surface area contributed by atoms with Crippen LogP contribution in [0.3, 0.4) is 0 Å². The van der Waals surface area contributed by atoms with Crippen molar-refractivity contribution in [3.8, 4) is 0 Å². The van der Waals surface area contributed by atoms with Crippen LogP contribution in [-0.4, -0.2) is 36.6 Å². The minimum Gasteiger partial charge on any atom is -0.312 e. The first-order chi connectivity index (χ1) is 10.2. The van der Waals surface area contributed by atoms with Crippen LogP contribution in [-0.2, 0) is 0 Å². The van der Waals surface area contributed by atoms with E-state index in [4.69, 9.17) is 0 Å². The van der Waals surface area contributed by atoms with E-state index in [1.807, 2.05) is 0 Å². The first kappa shape index (κ1) is 19.0. The van der Waals surface area contributed by atoms with Gasteiger partial charge in [-0.05, 0) is 50.6 Å². The molecule has 0 aromatic carbocycles. The van der Waals surface area contributed by atoms with Crippen LogP contribution in [0.5, 0.6) is 0 Å². The van der Waals surface area contributed by atoms with Crippen molar-refractivity contribution in [1.29, 1.82) is 0 Å². The maximum Gasteiger partial charge on any atom is 0.0251 e. The third kappa shape index (κ3) is 5.90. The molecule has 0 saturated heterocycles. The third-order valence-corrected chi connectivity index (χ3v) is 5.68. The van der Waals surface area contributed by atoms with Gasteiger partial charge in [-0.3, -0.25) is 4.90 Å². The second-order valence-corrected chi connectivity index (χ2v) is 6.99. The average molecular weight is 297 g/mol. The normalized spacial score (nSPS) is 26.7. The Hall–Kier alpha value is -0.0800. The number of hydrogen-bond acceptors (Lipinski definition) is 2. The van der Waals surface area contributed by atoms with Crippen LogP contribution in [0, 0.1) is 11.8 Å². The first-order valence-corrected chi connectivity index (χ1v) is 9.67. The Balaban J connectivity index is 2.71. The highest BCUT2D eigenvalue weighted by molar-refractivity contribution is 4.91. The van der Waals surface area contributed by atoms with Gasteiger partial charge in [-0.15, -0.1) is 0 Å². The highest BCUT2D eigenvalue weighted by Crippen LogP contribution is 2.31. The Labute approximate surface area is 134 Å². The smallest absolute Gasteiger partial charge is 0.0251 e. The lowest BCUT2D eigenvalue weighted by atomic mass is 9.79. The summed E-state index contributed by atoms with van der Waals surface area (Å²) in [7, 11) is 0. The fraction of sp³-hybridized carbons (Fsp3) is 1.00. The Morgan fingerprint density at radius 3 is 2.29 bits per heavy atom. The molecule has 0 aromatic heterocycles. The summed E-state index contributed by atoms with van der Waals surface area (Å²) >= 11 is 0. The SMILES string of the molecule is CCCNC1CCC(CC)CC1N(CC)CC(CC)CC. The maximum atomic E-state index is 3.85. The van der Waals surface area contributed by atoms with Crippen molar-refractivity contribution < 1.29 is 0 Å². The minimum absolute atomic E-state index is 0.724. The summed E-state index contributed by atoms with van der Waals surface area (Å²) in [6.45, 7) is 15.4. The molecule has 21 heavy (non-hydrogen) atoms. The molecule has 2 heteroatoms. The molecular weight excluding hydrogens is 256 g/mol. The van der Waals surface area contributed by atoms with Gasteiger partial charge in [0.25, 0.3) is 0 Å². The number of likely N-dealkylation sites (N-methyl/N-ethyl adjacent to an activating group) is 1. The van der Waals surface area contributed by atoms with E-state index in [0.717, 1.165) is 23.9 Å². The van der Waals surface area contributed by atoms with Crippen molar-refractivity contribution in [1.82, 2.24) is 10.2 Å². The molecule has 0 aromatic rings. The number of hydrogen-bond donors (Lipinski definition) is 1. The number of rotatable bonds is 10. The van der Waals surface area contributed by atoms with E-state index in [-0.39, 0.29) is 0 Å². The van der Waals surface area contributed by atoms with E-state index in [1.54, 1.807) is 0 Å². The summed E-state index contributed by atoms with van der Waals surface area (Å²) in [5.41, 5.74) is 0. The van der Waals surface area contributed by atoms with Crippen molar-refractivity contribution in [3.05, 3.63) is 0 Å². The zero-order valence-corrected chi connectivity index (χ0v) is 15.3. The molecule has 1 aliphatic rings. The molecule has 3 unspecified atom stereocenters. The minimum atomic E-state index is 0.724. The van der Waals surface area contributed by atoms with E-state index in [9.17, 15) is 0 Å². The summed E-state index contributed by atoms with van der Waals surface area (Å²) in [6, 6.07) is 1.49. The molecule has 3 atom stereocenters. The maximum absolute atomic E-state index is 3.85. The first-order valence-electron chi connectivity index (χ1n) is 9.67. The number of nitrogens with one attached hydrogen (secondary N) is 1. The summed E-state index contributed by atoms with van der Waals surface area (Å²) in [5, 5.41) is 3.85. The number of nitrogens with zero attached hydrogens (tertiary/aromatic N) is 1. The molecule has 2 nitrogen and oxygen atoms in total. The van der Waals surface area contributed by atoms with Crippen molar-refractivity contribution in [2.75, 3.05) is 19.6 Å². The molecule has 126 valence electrons. The van der Waals surface area contributed by atoms with Gasteiger partial charge in [0.1, 0.15) is 0 Å². The average Bonchev–Trinajstić information content (AvgIpc) is 2.54. The van der Waals surface area contributed by atoms with Gasteiger partial charge >= 0.3 is 0 Å². The van der Waals surface area contributed by atoms with Gasteiger partial charge in [-0.1, -0.05) is 53.9 Å². The van der Waals surface area contributed by atoms with Crippen molar-refractivity contribution in [2.24, 2.45) is 11.8 Å². The topological polar surface area (TPSA) is 15.3 Å². The fourth-order valence-electron chi connectivity index (χ4n) is 3.95. The van der Waals surface area contributed by atoms with Gasteiger partial charge in [0, 0.05) is 18.6 Å². The highest BCUT2D eigenvalue weighted by atomic mass is 15.2. The van der Waals surface area contributed by atoms with Gasteiger partial charge in [-0.25, -0.2) is 0 Å². The third-order valence-electron chi connectivity index (χ3n) is 5.68.